The lowest BCUT2D eigenvalue weighted by atomic mass is 10.1. The number of piperazine rings is 1. The van der Waals surface area contributed by atoms with Crippen LogP contribution in [0.3, 0.4) is 0 Å². The Bertz CT molecular complexity index is 1190. The lowest BCUT2D eigenvalue weighted by molar-refractivity contribution is 0.485. The van der Waals surface area contributed by atoms with Crippen LogP contribution < -0.4 is 10.2 Å². The number of nitrogens with one attached hydrogen (secondary N) is 1. The summed E-state index contributed by atoms with van der Waals surface area (Å²) in [6.07, 6.45) is 0. The van der Waals surface area contributed by atoms with E-state index in [2.05, 4.69) is 80.5 Å². The lowest BCUT2D eigenvalue weighted by Gasteiger charge is -2.33. The number of hydrogen-bond acceptors (Lipinski definition) is 4. The molecule has 1 unspecified atom stereocenters. The maximum atomic E-state index is 4.48. The summed E-state index contributed by atoms with van der Waals surface area (Å²) in [5.41, 5.74) is 5.88. The fourth-order valence-electron chi connectivity index (χ4n) is 4.21. The van der Waals surface area contributed by atoms with Crippen molar-refractivity contribution in [2.75, 3.05) is 24.5 Å². The molecule has 30 heavy (non-hydrogen) atoms. The van der Waals surface area contributed by atoms with Crippen molar-refractivity contribution < 1.29 is 0 Å². The van der Waals surface area contributed by atoms with E-state index in [1.807, 2.05) is 36.4 Å². The minimum atomic E-state index is 0.560. The predicted octanol–water partition coefficient (Wildman–Crippen LogP) is 4.32. The topological polar surface area (TPSA) is 50.9 Å². The van der Waals surface area contributed by atoms with E-state index in [-0.39, 0.29) is 0 Å². The van der Waals surface area contributed by atoms with Crippen LogP contribution in [0.2, 0.25) is 0 Å². The SMILES string of the molecule is Cc1nn(C)c2ccc(Br)cc12.Cc1nn(C)c2ccc(N3CCNC(C)C3)cc12. The molecule has 1 aliphatic rings. The van der Waals surface area contributed by atoms with E-state index in [1.54, 1.807) is 0 Å². The molecule has 5 rings (SSSR count). The zero-order valence-electron chi connectivity index (χ0n) is 18.3. The van der Waals surface area contributed by atoms with Crippen LogP contribution in [0.1, 0.15) is 18.3 Å². The average Bonchev–Trinajstić information content (AvgIpc) is 3.17. The maximum Gasteiger partial charge on any atom is 0.0683 e. The molecular weight excluding hydrogens is 440 g/mol. The van der Waals surface area contributed by atoms with Crippen LogP contribution in [0.5, 0.6) is 0 Å². The number of anilines is 1. The van der Waals surface area contributed by atoms with E-state index >= 15 is 0 Å². The van der Waals surface area contributed by atoms with Gasteiger partial charge in [-0.25, -0.2) is 0 Å². The van der Waals surface area contributed by atoms with Crippen LogP contribution in [0, 0.1) is 13.8 Å². The molecule has 4 aromatic rings. The Hall–Kier alpha value is -2.38. The van der Waals surface area contributed by atoms with Gasteiger partial charge < -0.3 is 10.2 Å². The molecule has 2 aromatic heterocycles. The number of aryl methyl sites for hydroxylation is 4. The van der Waals surface area contributed by atoms with Gasteiger partial charge in [0.1, 0.15) is 0 Å². The number of fused-ring (bicyclic) bond motifs is 2. The van der Waals surface area contributed by atoms with E-state index in [0.717, 1.165) is 35.5 Å². The second kappa shape index (κ2) is 8.40. The molecule has 1 fully saturated rings. The molecule has 2 aromatic carbocycles. The van der Waals surface area contributed by atoms with Gasteiger partial charge in [-0.05, 0) is 57.2 Å². The number of benzene rings is 2. The Morgan fingerprint density at radius 3 is 2.17 bits per heavy atom. The van der Waals surface area contributed by atoms with Crippen LogP contribution in [0.4, 0.5) is 5.69 Å². The Kier molecular flexibility index (Phi) is 5.84. The first-order chi connectivity index (χ1) is 14.3. The quantitative estimate of drug-likeness (QED) is 0.451. The van der Waals surface area contributed by atoms with E-state index < -0.39 is 0 Å². The molecule has 0 bridgehead atoms. The summed E-state index contributed by atoms with van der Waals surface area (Å²) in [6, 6.07) is 13.4. The van der Waals surface area contributed by atoms with Crippen molar-refractivity contribution in [3.05, 3.63) is 52.3 Å². The lowest BCUT2D eigenvalue weighted by Crippen LogP contribution is -2.49. The van der Waals surface area contributed by atoms with Gasteiger partial charge in [-0.1, -0.05) is 15.9 Å². The number of aromatic nitrogens is 4. The minimum absolute atomic E-state index is 0.560. The molecular formula is C23H29BrN6. The number of halogens is 1. The molecule has 0 amide bonds. The zero-order chi connectivity index (χ0) is 21.4. The summed E-state index contributed by atoms with van der Waals surface area (Å²) < 4.78 is 4.96. The third kappa shape index (κ3) is 4.09. The van der Waals surface area contributed by atoms with Crippen LogP contribution in [-0.2, 0) is 14.1 Å². The van der Waals surface area contributed by atoms with E-state index in [4.69, 9.17) is 0 Å². The normalized spacial score (nSPS) is 16.7. The van der Waals surface area contributed by atoms with Crippen LogP contribution >= 0.6 is 15.9 Å². The first kappa shape index (κ1) is 20.9. The number of hydrogen-bond donors (Lipinski definition) is 1. The predicted molar refractivity (Wildman–Crippen MR) is 128 cm³/mol. The first-order valence-electron chi connectivity index (χ1n) is 10.3. The molecule has 7 heteroatoms. The minimum Gasteiger partial charge on any atom is -0.369 e. The van der Waals surface area contributed by atoms with Crippen LogP contribution in [0.15, 0.2) is 40.9 Å². The zero-order valence-corrected chi connectivity index (χ0v) is 19.9. The molecule has 0 radical (unpaired) electrons. The Morgan fingerprint density at radius 2 is 1.53 bits per heavy atom. The summed E-state index contributed by atoms with van der Waals surface area (Å²) in [4.78, 5) is 2.45. The fourth-order valence-corrected chi connectivity index (χ4v) is 4.57. The molecule has 158 valence electrons. The Morgan fingerprint density at radius 1 is 0.933 bits per heavy atom. The molecule has 0 spiro atoms. The summed E-state index contributed by atoms with van der Waals surface area (Å²) in [7, 11) is 3.96. The largest absolute Gasteiger partial charge is 0.369 e. The van der Waals surface area contributed by atoms with Crippen LogP contribution in [-0.4, -0.2) is 45.2 Å². The monoisotopic (exact) mass is 468 g/mol. The second-order valence-electron chi connectivity index (χ2n) is 8.08. The van der Waals surface area contributed by atoms with Crippen LogP contribution in [0.25, 0.3) is 21.8 Å². The maximum absolute atomic E-state index is 4.48. The first-order valence-corrected chi connectivity index (χ1v) is 11.1. The van der Waals surface area contributed by atoms with Crippen molar-refractivity contribution in [1.29, 1.82) is 0 Å². The van der Waals surface area contributed by atoms with Gasteiger partial charge in [0.2, 0.25) is 0 Å². The van der Waals surface area contributed by atoms with Crippen molar-refractivity contribution in [2.45, 2.75) is 26.8 Å². The molecule has 1 N–H and O–H groups in total. The van der Waals surface area contributed by atoms with Gasteiger partial charge in [0, 0.05) is 60.7 Å². The summed E-state index contributed by atoms with van der Waals surface area (Å²) in [5, 5.41) is 14.8. The molecule has 3 heterocycles. The molecule has 1 aliphatic heterocycles. The van der Waals surface area contributed by atoms with E-state index in [0.29, 0.717) is 6.04 Å². The average molecular weight is 469 g/mol. The number of nitrogens with zero attached hydrogens (tertiary/aromatic N) is 5. The standard InChI is InChI=1S/C14H20N4.C9H9BrN2/c1-10-9-18(7-6-15-10)12-4-5-14-13(8-12)11(2)16-17(14)3;1-6-8-5-7(10)3-4-9(8)12(2)11-6/h4-5,8,10,15H,6-7,9H2,1-3H3;3-5H,1-2H3. The van der Waals surface area contributed by atoms with Gasteiger partial charge in [-0.3, -0.25) is 9.36 Å². The summed E-state index contributed by atoms with van der Waals surface area (Å²) in [6.45, 7) is 9.55. The van der Waals surface area contributed by atoms with Crippen molar-refractivity contribution in [3.8, 4) is 0 Å². The summed E-state index contributed by atoms with van der Waals surface area (Å²) in [5.74, 6) is 0. The molecule has 0 saturated carbocycles. The van der Waals surface area contributed by atoms with Gasteiger partial charge in [-0.15, -0.1) is 0 Å². The smallest absolute Gasteiger partial charge is 0.0683 e. The Labute approximate surface area is 186 Å². The van der Waals surface area contributed by atoms with Gasteiger partial charge >= 0.3 is 0 Å². The molecule has 0 aliphatic carbocycles. The van der Waals surface area contributed by atoms with Gasteiger partial charge in [0.25, 0.3) is 0 Å². The third-order valence-electron chi connectivity index (χ3n) is 5.75. The number of rotatable bonds is 1. The van der Waals surface area contributed by atoms with Gasteiger partial charge in [-0.2, -0.15) is 10.2 Å². The highest BCUT2D eigenvalue weighted by Crippen LogP contribution is 2.25. The highest BCUT2D eigenvalue weighted by molar-refractivity contribution is 9.10. The van der Waals surface area contributed by atoms with E-state index in [1.165, 1.54) is 27.5 Å². The van der Waals surface area contributed by atoms with Crippen molar-refractivity contribution in [2.24, 2.45) is 14.1 Å². The highest BCUT2D eigenvalue weighted by Gasteiger charge is 2.17. The molecule has 6 nitrogen and oxygen atoms in total. The van der Waals surface area contributed by atoms with Crippen molar-refractivity contribution in [3.63, 3.8) is 0 Å². The highest BCUT2D eigenvalue weighted by atomic mass is 79.9. The van der Waals surface area contributed by atoms with Crippen molar-refractivity contribution in [1.82, 2.24) is 24.9 Å². The third-order valence-corrected chi connectivity index (χ3v) is 6.24. The van der Waals surface area contributed by atoms with Gasteiger partial charge in [0.15, 0.2) is 0 Å². The van der Waals surface area contributed by atoms with E-state index in [9.17, 15) is 0 Å². The fraction of sp³-hybridized carbons (Fsp3) is 0.391. The molecule has 1 saturated heterocycles. The molecule has 1 atom stereocenters. The second-order valence-corrected chi connectivity index (χ2v) is 9.00. The Balaban J connectivity index is 0.000000158. The summed E-state index contributed by atoms with van der Waals surface area (Å²) >= 11 is 3.44. The van der Waals surface area contributed by atoms with Crippen molar-refractivity contribution >= 4 is 43.4 Å². The van der Waals surface area contributed by atoms with Gasteiger partial charge in [0.05, 0.1) is 22.4 Å².